The molecule has 0 aliphatic heterocycles. The van der Waals surface area contributed by atoms with Gasteiger partial charge in [0.2, 0.25) is 0 Å². The van der Waals surface area contributed by atoms with Crippen molar-refractivity contribution in [2.75, 3.05) is 0 Å². The Labute approximate surface area is 428 Å². The molecule has 74 heavy (non-hydrogen) atoms. The van der Waals surface area contributed by atoms with Gasteiger partial charge in [-0.25, -0.2) is 9.97 Å². The molecule has 0 saturated carbocycles. The van der Waals surface area contributed by atoms with Crippen LogP contribution in [0.3, 0.4) is 0 Å². The van der Waals surface area contributed by atoms with E-state index in [0.29, 0.717) is 5.58 Å². The van der Waals surface area contributed by atoms with Crippen molar-refractivity contribution in [3.05, 3.63) is 243 Å². The van der Waals surface area contributed by atoms with Crippen molar-refractivity contribution in [2.45, 2.75) is 0 Å². The van der Waals surface area contributed by atoms with Crippen LogP contribution in [0.15, 0.2) is 247 Å². The highest BCUT2D eigenvalue weighted by Gasteiger charge is 2.20. The molecule has 0 spiro atoms. The van der Waals surface area contributed by atoms with Crippen molar-refractivity contribution in [3.8, 4) is 56.0 Å². The van der Waals surface area contributed by atoms with Gasteiger partial charge in [0.05, 0.1) is 22.1 Å². The van der Waals surface area contributed by atoms with Crippen LogP contribution in [0, 0.1) is 0 Å². The molecule has 0 fully saturated rings. The third-order valence-corrected chi connectivity index (χ3v) is 16.4. The summed E-state index contributed by atoms with van der Waals surface area (Å²) in [5.74, 6) is 0. The van der Waals surface area contributed by atoms with Crippen LogP contribution in [0.2, 0.25) is 0 Å². The maximum Gasteiger partial charge on any atom is 0.180 e. The standard InChI is InChI=1S/C68H40N4OS/c1-2-14-49(15-3-1)71-59-21-7-4-16-52(59)56-37-44(27-31-61(56)71)45-28-32-62-57(38-45)53-17-5-8-22-60(53)72(62)50-30-26-41-24-25-43(35-48(41)36-50)42-12-10-13-47(34-42)65-67-66(70-40-69-65)58-39-46(29-33-63(58)73-67)51-19-11-20-55-54-18-6-9-23-64(54)74-68(51)55/h1-40H. The van der Waals surface area contributed by atoms with Crippen LogP contribution in [0.1, 0.15) is 0 Å². The van der Waals surface area contributed by atoms with E-state index in [1.54, 1.807) is 6.33 Å². The zero-order valence-electron chi connectivity index (χ0n) is 39.7. The van der Waals surface area contributed by atoms with Crippen molar-refractivity contribution >= 4 is 108 Å². The van der Waals surface area contributed by atoms with Gasteiger partial charge in [0.15, 0.2) is 5.58 Å². The van der Waals surface area contributed by atoms with Gasteiger partial charge in [-0.1, -0.05) is 146 Å². The van der Waals surface area contributed by atoms with Crippen LogP contribution < -0.4 is 0 Å². The Morgan fingerprint density at radius 3 is 1.74 bits per heavy atom. The van der Waals surface area contributed by atoms with E-state index < -0.39 is 0 Å². The van der Waals surface area contributed by atoms with E-state index in [0.717, 1.165) is 55.8 Å². The molecular formula is C68H40N4OS. The topological polar surface area (TPSA) is 48.8 Å². The SMILES string of the molecule is c1ccc(-n2c3ccccc3c3cc(-c4ccc5c(c4)c4ccccc4n5-c4ccc5ccc(-c6cccc(-c7ncnc8c7oc7ccc(-c9cccc%10c9sc9ccccc9%10)cc78)c6)cc5c4)ccc32)cc1. The molecule has 0 bridgehead atoms. The minimum Gasteiger partial charge on any atom is -0.452 e. The number of thiophene rings is 1. The Kier molecular flexibility index (Phi) is 8.84. The van der Waals surface area contributed by atoms with Gasteiger partial charge in [0, 0.05) is 64.0 Å². The van der Waals surface area contributed by atoms with Crippen molar-refractivity contribution in [3.63, 3.8) is 0 Å². The maximum atomic E-state index is 6.62. The zero-order chi connectivity index (χ0) is 48.4. The quantitative estimate of drug-likeness (QED) is 0.167. The summed E-state index contributed by atoms with van der Waals surface area (Å²) >= 11 is 1.84. The Balaban J connectivity index is 0.757. The van der Waals surface area contributed by atoms with Gasteiger partial charge < -0.3 is 13.6 Å². The molecule has 0 amide bonds. The summed E-state index contributed by atoms with van der Waals surface area (Å²) in [5, 5.41) is 10.9. The van der Waals surface area contributed by atoms with Gasteiger partial charge in [0.1, 0.15) is 23.1 Å². The molecule has 6 heteroatoms. The molecule has 11 aromatic carbocycles. The average molecular weight is 961 g/mol. The molecule has 5 aromatic heterocycles. The van der Waals surface area contributed by atoms with E-state index in [9.17, 15) is 0 Å². The molecule has 344 valence electrons. The molecule has 16 rings (SSSR count). The van der Waals surface area contributed by atoms with Crippen molar-refractivity contribution < 1.29 is 4.42 Å². The number of hydrogen-bond donors (Lipinski definition) is 0. The first kappa shape index (κ1) is 41.0. The molecular weight excluding hydrogens is 921 g/mol. The van der Waals surface area contributed by atoms with Gasteiger partial charge in [-0.3, -0.25) is 0 Å². The summed E-state index contributed by atoms with van der Waals surface area (Å²) < 4.78 is 14.0. The van der Waals surface area contributed by atoms with E-state index in [1.165, 1.54) is 91.2 Å². The highest BCUT2D eigenvalue weighted by atomic mass is 32.1. The molecule has 5 heterocycles. The smallest absolute Gasteiger partial charge is 0.180 e. The number of rotatable bonds is 6. The third-order valence-electron chi connectivity index (χ3n) is 15.2. The fraction of sp³-hybridized carbons (Fsp3) is 0. The average Bonchev–Trinajstić information content (AvgIpc) is 4.24. The predicted molar refractivity (Wildman–Crippen MR) is 310 cm³/mol. The van der Waals surface area contributed by atoms with E-state index in [-0.39, 0.29) is 0 Å². The van der Waals surface area contributed by atoms with Crippen LogP contribution in [-0.2, 0) is 0 Å². The molecule has 0 aliphatic rings. The highest BCUT2D eigenvalue weighted by molar-refractivity contribution is 7.26. The second-order valence-electron chi connectivity index (χ2n) is 19.3. The largest absolute Gasteiger partial charge is 0.452 e. The first-order valence-corrected chi connectivity index (χ1v) is 25.8. The van der Waals surface area contributed by atoms with E-state index >= 15 is 0 Å². The third kappa shape index (κ3) is 6.22. The minimum absolute atomic E-state index is 0.687. The Morgan fingerprint density at radius 2 is 0.946 bits per heavy atom. The second-order valence-corrected chi connectivity index (χ2v) is 20.4. The minimum atomic E-state index is 0.687. The van der Waals surface area contributed by atoms with Crippen LogP contribution in [-0.4, -0.2) is 19.1 Å². The molecule has 0 unspecified atom stereocenters. The van der Waals surface area contributed by atoms with E-state index in [4.69, 9.17) is 14.4 Å². The predicted octanol–water partition coefficient (Wildman–Crippen LogP) is 18.8. The number of para-hydroxylation sites is 3. The molecule has 0 radical (unpaired) electrons. The summed E-state index contributed by atoms with van der Waals surface area (Å²) in [4.78, 5) is 9.65. The second kappa shape index (κ2) is 15.9. The van der Waals surface area contributed by atoms with Crippen LogP contribution in [0.4, 0.5) is 0 Å². The van der Waals surface area contributed by atoms with Gasteiger partial charge >= 0.3 is 0 Å². The highest BCUT2D eigenvalue weighted by Crippen LogP contribution is 2.43. The fourth-order valence-corrected chi connectivity index (χ4v) is 13.0. The maximum absolute atomic E-state index is 6.62. The molecule has 0 saturated heterocycles. The molecule has 0 aliphatic carbocycles. The van der Waals surface area contributed by atoms with Gasteiger partial charge in [-0.15, -0.1) is 11.3 Å². The van der Waals surface area contributed by atoms with Crippen molar-refractivity contribution in [2.24, 2.45) is 0 Å². The summed E-state index contributed by atoms with van der Waals surface area (Å²) in [7, 11) is 0. The monoisotopic (exact) mass is 960 g/mol. The molecule has 16 aromatic rings. The lowest BCUT2D eigenvalue weighted by Gasteiger charge is -2.11. The lowest BCUT2D eigenvalue weighted by molar-refractivity contribution is 0.667. The van der Waals surface area contributed by atoms with Crippen LogP contribution >= 0.6 is 11.3 Å². The van der Waals surface area contributed by atoms with Gasteiger partial charge in [0.25, 0.3) is 0 Å². The summed E-state index contributed by atoms with van der Waals surface area (Å²) in [6.07, 6.45) is 1.66. The van der Waals surface area contributed by atoms with Gasteiger partial charge in [-0.05, 0) is 135 Å². The summed E-state index contributed by atoms with van der Waals surface area (Å²) in [6, 6.07) is 85.9. The number of aromatic nitrogens is 4. The number of fused-ring (bicyclic) bond motifs is 13. The first-order valence-electron chi connectivity index (χ1n) is 25.0. The molecule has 0 N–H and O–H groups in total. The Morgan fingerprint density at radius 1 is 0.351 bits per heavy atom. The lowest BCUT2D eigenvalue weighted by atomic mass is 9.98. The first-order chi connectivity index (χ1) is 36.7. The normalized spacial score (nSPS) is 12.1. The zero-order valence-corrected chi connectivity index (χ0v) is 40.5. The van der Waals surface area contributed by atoms with E-state index in [2.05, 4.69) is 246 Å². The van der Waals surface area contributed by atoms with Crippen LogP contribution in [0.5, 0.6) is 0 Å². The Bertz CT molecular complexity index is 4980. The fourth-order valence-electron chi connectivity index (χ4n) is 11.8. The van der Waals surface area contributed by atoms with E-state index in [1.807, 2.05) is 11.3 Å². The summed E-state index contributed by atoms with van der Waals surface area (Å²) in [6.45, 7) is 0. The Hall–Kier alpha value is -9.62. The molecule has 0 atom stereocenters. The van der Waals surface area contributed by atoms with Crippen molar-refractivity contribution in [1.82, 2.24) is 19.1 Å². The summed E-state index contributed by atoms with van der Waals surface area (Å²) in [5.41, 5.74) is 18.0. The van der Waals surface area contributed by atoms with Crippen molar-refractivity contribution in [1.29, 1.82) is 0 Å². The number of furan rings is 1. The molecule has 5 nitrogen and oxygen atoms in total. The van der Waals surface area contributed by atoms with Crippen LogP contribution in [0.25, 0.3) is 153 Å². The lowest BCUT2D eigenvalue weighted by Crippen LogP contribution is -1.94. The number of hydrogen-bond acceptors (Lipinski definition) is 4. The van der Waals surface area contributed by atoms with Gasteiger partial charge in [-0.2, -0.15) is 0 Å². The number of nitrogens with zero attached hydrogens (tertiary/aromatic N) is 4. The number of benzene rings is 11.